The lowest BCUT2D eigenvalue weighted by atomic mass is 9.96. The van der Waals surface area contributed by atoms with Gasteiger partial charge in [0, 0.05) is 44.5 Å². The molecule has 27 heavy (non-hydrogen) atoms. The maximum absolute atomic E-state index is 13.4. The van der Waals surface area contributed by atoms with Crippen molar-refractivity contribution in [2.45, 2.75) is 38.9 Å². The molecule has 4 rings (SSSR count). The maximum atomic E-state index is 13.4. The zero-order valence-corrected chi connectivity index (χ0v) is 16.6. The van der Waals surface area contributed by atoms with Gasteiger partial charge in [0.25, 0.3) is 0 Å². The average Bonchev–Trinajstić information content (AvgIpc) is 3.44. The summed E-state index contributed by atoms with van der Waals surface area (Å²) in [4.78, 5) is 18.5. The van der Waals surface area contributed by atoms with Crippen molar-refractivity contribution < 1.29 is 9.18 Å². The first kappa shape index (κ1) is 21.6. The molecule has 1 aliphatic carbocycles. The summed E-state index contributed by atoms with van der Waals surface area (Å²) in [5.41, 5.74) is 4.63. The second kappa shape index (κ2) is 9.49. The van der Waals surface area contributed by atoms with E-state index in [1.807, 2.05) is 18.5 Å². The Bertz CT molecular complexity index is 799. The molecule has 1 aromatic heterocycles. The van der Waals surface area contributed by atoms with Crippen molar-refractivity contribution in [3.05, 3.63) is 64.7 Å². The van der Waals surface area contributed by atoms with Gasteiger partial charge in [-0.05, 0) is 53.6 Å². The van der Waals surface area contributed by atoms with E-state index >= 15 is 0 Å². The van der Waals surface area contributed by atoms with Gasteiger partial charge in [0.05, 0.1) is 0 Å². The molecular formula is C20H24Cl2FN3O. The Morgan fingerprint density at radius 2 is 2.07 bits per heavy atom. The van der Waals surface area contributed by atoms with Crippen molar-refractivity contribution in [3.8, 4) is 0 Å². The number of pyridine rings is 1. The van der Waals surface area contributed by atoms with E-state index in [1.165, 1.54) is 17.2 Å². The fourth-order valence-electron chi connectivity index (χ4n) is 3.48. The van der Waals surface area contributed by atoms with Gasteiger partial charge in [-0.15, -0.1) is 24.8 Å². The Balaban J connectivity index is 0.00000131. The van der Waals surface area contributed by atoms with Crippen molar-refractivity contribution in [2.24, 2.45) is 5.92 Å². The third kappa shape index (κ3) is 5.41. The minimum Gasteiger partial charge on any atom is -0.352 e. The van der Waals surface area contributed by atoms with Crippen LogP contribution in [0.5, 0.6) is 0 Å². The van der Waals surface area contributed by atoms with Crippen LogP contribution < -0.4 is 5.32 Å². The highest BCUT2D eigenvalue weighted by molar-refractivity contribution is 5.85. The molecule has 0 radical (unpaired) electrons. The van der Waals surface area contributed by atoms with Crippen LogP contribution in [0.4, 0.5) is 4.39 Å². The van der Waals surface area contributed by atoms with Gasteiger partial charge in [-0.25, -0.2) is 4.39 Å². The number of nitrogens with zero attached hydrogens (tertiary/aromatic N) is 2. The van der Waals surface area contributed by atoms with Crippen LogP contribution in [0.25, 0.3) is 0 Å². The standard InChI is InChI=1S/C20H22FN3O.2ClH/c21-18-3-1-2-14(8-18)12-24-7-6-19-16(9-22-10-17(19)13-24)11-23-20(25)15-4-5-15;;/h1-3,8-10,15H,4-7,11-13H2,(H,23,25);2*1H. The lowest BCUT2D eigenvalue weighted by molar-refractivity contribution is -0.122. The van der Waals surface area contributed by atoms with Crippen LogP contribution in [0.15, 0.2) is 36.7 Å². The maximum Gasteiger partial charge on any atom is 0.223 e. The zero-order valence-electron chi connectivity index (χ0n) is 15.0. The van der Waals surface area contributed by atoms with E-state index in [1.54, 1.807) is 12.1 Å². The highest BCUT2D eigenvalue weighted by atomic mass is 35.5. The third-order valence-corrected chi connectivity index (χ3v) is 5.00. The van der Waals surface area contributed by atoms with E-state index in [0.29, 0.717) is 6.54 Å². The van der Waals surface area contributed by atoms with E-state index in [0.717, 1.165) is 50.0 Å². The molecule has 0 atom stereocenters. The number of fused-ring (bicyclic) bond motifs is 1. The zero-order chi connectivity index (χ0) is 17.2. The van der Waals surface area contributed by atoms with Crippen LogP contribution >= 0.6 is 24.8 Å². The van der Waals surface area contributed by atoms with Crippen LogP contribution in [-0.4, -0.2) is 22.3 Å². The molecule has 1 saturated carbocycles. The van der Waals surface area contributed by atoms with Crippen LogP contribution in [-0.2, 0) is 30.8 Å². The Kier molecular flexibility index (Phi) is 7.59. The number of hydrogen-bond donors (Lipinski definition) is 1. The second-order valence-corrected chi connectivity index (χ2v) is 7.02. The van der Waals surface area contributed by atoms with Crippen molar-refractivity contribution in [1.82, 2.24) is 15.2 Å². The molecule has 2 heterocycles. The normalized spacial score (nSPS) is 15.9. The monoisotopic (exact) mass is 411 g/mol. The number of hydrogen-bond acceptors (Lipinski definition) is 3. The minimum atomic E-state index is -0.190. The summed E-state index contributed by atoms with van der Waals surface area (Å²) in [6, 6.07) is 6.78. The summed E-state index contributed by atoms with van der Waals surface area (Å²) in [7, 11) is 0. The quantitative estimate of drug-likeness (QED) is 0.816. The predicted octanol–water partition coefficient (Wildman–Crippen LogP) is 3.65. The number of aromatic nitrogens is 1. The van der Waals surface area contributed by atoms with Crippen molar-refractivity contribution in [2.75, 3.05) is 6.54 Å². The second-order valence-electron chi connectivity index (χ2n) is 7.02. The molecule has 1 aliphatic heterocycles. The molecule has 1 fully saturated rings. The molecule has 4 nitrogen and oxygen atoms in total. The summed E-state index contributed by atoms with van der Waals surface area (Å²) >= 11 is 0. The van der Waals surface area contributed by atoms with E-state index in [-0.39, 0.29) is 42.5 Å². The number of carbonyl (C=O) groups is 1. The summed E-state index contributed by atoms with van der Waals surface area (Å²) in [5, 5.41) is 3.03. The Hall–Kier alpha value is -1.69. The molecule has 146 valence electrons. The van der Waals surface area contributed by atoms with Crippen molar-refractivity contribution >= 4 is 30.7 Å². The third-order valence-electron chi connectivity index (χ3n) is 5.00. The summed E-state index contributed by atoms with van der Waals surface area (Å²) in [5.74, 6) is 0.209. The molecule has 0 unspecified atom stereocenters. The number of rotatable bonds is 5. The molecule has 0 saturated heterocycles. The van der Waals surface area contributed by atoms with Gasteiger partial charge in [-0.2, -0.15) is 0 Å². The smallest absolute Gasteiger partial charge is 0.223 e. The van der Waals surface area contributed by atoms with E-state index in [9.17, 15) is 9.18 Å². The van der Waals surface area contributed by atoms with Crippen molar-refractivity contribution in [1.29, 1.82) is 0 Å². The largest absolute Gasteiger partial charge is 0.352 e. The van der Waals surface area contributed by atoms with Gasteiger partial charge in [0.2, 0.25) is 5.91 Å². The Labute approximate surface area is 171 Å². The fraction of sp³-hybridized carbons (Fsp3) is 0.400. The van der Waals surface area contributed by atoms with Gasteiger partial charge >= 0.3 is 0 Å². The first-order valence-corrected chi connectivity index (χ1v) is 8.88. The van der Waals surface area contributed by atoms with Crippen LogP contribution in [0, 0.1) is 11.7 Å². The van der Waals surface area contributed by atoms with E-state index in [2.05, 4.69) is 15.2 Å². The molecule has 2 aromatic rings. The molecule has 0 bridgehead atoms. The number of nitrogens with one attached hydrogen (secondary N) is 1. The number of amides is 1. The van der Waals surface area contributed by atoms with Gasteiger partial charge in [-0.3, -0.25) is 14.7 Å². The summed E-state index contributed by atoms with van der Waals surface area (Å²) < 4.78 is 13.4. The summed E-state index contributed by atoms with van der Waals surface area (Å²) in [6.07, 6.45) is 6.76. The fourth-order valence-corrected chi connectivity index (χ4v) is 3.48. The molecule has 1 N–H and O–H groups in total. The van der Waals surface area contributed by atoms with E-state index < -0.39 is 0 Å². The van der Waals surface area contributed by atoms with Gasteiger partial charge < -0.3 is 5.32 Å². The van der Waals surface area contributed by atoms with Crippen LogP contribution in [0.2, 0.25) is 0 Å². The molecule has 1 amide bonds. The Morgan fingerprint density at radius 1 is 1.26 bits per heavy atom. The molecule has 7 heteroatoms. The SMILES string of the molecule is Cl.Cl.O=C(NCc1cncc2c1CCN(Cc1cccc(F)c1)C2)C1CC1. The molecule has 0 spiro atoms. The summed E-state index contributed by atoms with van der Waals surface area (Å²) in [6.45, 7) is 3.04. The van der Waals surface area contributed by atoms with Crippen molar-refractivity contribution in [3.63, 3.8) is 0 Å². The molecule has 1 aromatic carbocycles. The lowest BCUT2D eigenvalue weighted by Crippen LogP contribution is -2.32. The van der Waals surface area contributed by atoms with Crippen LogP contribution in [0.3, 0.4) is 0 Å². The van der Waals surface area contributed by atoms with Gasteiger partial charge in [-0.1, -0.05) is 12.1 Å². The van der Waals surface area contributed by atoms with E-state index in [4.69, 9.17) is 0 Å². The average molecular weight is 412 g/mol. The number of halogens is 3. The first-order chi connectivity index (χ1) is 12.2. The topological polar surface area (TPSA) is 45.2 Å². The van der Waals surface area contributed by atoms with Crippen LogP contribution in [0.1, 0.15) is 35.1 Å². The number of carbonyl (C=O) groups excluding carboxylic acids is 1. The first-order valence-electron chi connectivity index (χ1n) is 8.88. The number of benzene rings is 1. The highest BCUT2D eigenvalue weighted by Crippen LogP contribution is 2.29. The minimum absolute atomic E-state index is 0. The molecule has 2 aliphatic rings. The highest BCUT2D eigenvalue weighted by Gasteiger charge is 2.29. The predicted molar refractivity (Wildman–Crippen MR) is 108 cm³/mol. The van der Waals surface area contributed by atoms with Gasteiger partial charge in [0.1, 0.15) is 5.82 Å². The lowest BCUT2D eigenvalue weighted by Gasteiger charge is -2.30. The van der Waals surface area contributed by atoms with Gasteiger partial charge in [0.15, 0.2) is 0 Å². The molecular weight excluding hydrogens is 388 g/mol. The Morgan fingerprint density at radius 3 is 2.81 bits per heavy atom.